The van der Waals surface area contributed by atoms with Gasteiger partial charge in [-0.15, -0.1) is 0 Å². The summed E-state index contributed by atoms with van der Waals surface area (Å²) >= 11 is 0. The molecule has 0 aliphatic carbocycles. The van der Waals surface area contributed by atoms with Gasteiger partial charge >= 0.3 is 5.97 Å². The molecule has 4 nitrogen and oxygen atoms in total. The number of hydrogen-bond acceptors (Lipinski definition) is 4. The molecule has 1 atom stereocenters. The molecule has 0 radical (unpaired) electrons. The maximum Gasteiger partial charge on any atom is 0.333 e. The van der Waals surface area contributed by atoms with Crippen LogP contribution in [-0.4, -0.2) is 32.8 Å². The molecular weight excluding hydrogens is 218 g/mol. The van der Waals surface area contributed by atoms with Gasteiger partial charge in [-0.05, 0) is 18.5 Å². The molecule has 1 N–H and O–H groups in total. The summed E-state index contributed by atoms with van der Waals surface area (Å²) in [6, 6.07) is 9.57. The second-order valence-electron chi connectivity index (χ2n) is 4.10. The molecule has 0 bridgehead atoms. The minimum absolute atomic E-state index is 0.300. The van der Waals surface area contributed by atoms with Crippen LogP contribution in [0.2, 0.25) is 0 Å². The summed E-state index contributed by atoms with van der Waals surface area (Å²) in [6.45, 7) is 1.71. The van der Waals surface area contributed by atoms with E-state index in [9.17, 15) is 4.79 Å². The van der Waals surface area contributed by atoms with Gasteiger partial charge in [0.2, 0.25) is 0 Å². The van der Waals surface area contributed by atoms with Gasteiger partial charge in [0.1, 0.15) is 0 Å². The molecule has 1 unspecified atom stereocenters. The van der Waals surface area contributed by atoms with E-state index in [2.05, 4.69) is 5.32 Å². The lowest BCUT2D eigenvalue weighted by Crippen LogP contribution is -2.52. The molecule has 1 aromatic carbocycles. The van der Waals surface area contributed by atoms with Gasteiger partial charge in [-0.1, -0.05) is 30.3 Å². The van der Waals surface area contributed by atoms with Crippen LogP contribution < -0.4 is 5.32 Å². The first-order valence-electron chi connectivity index (χ1n) is 5.76. The maximum absolute atomic E-state index is 12.1. The summed E-state index contributed by atoms with van der Waals surface area (Å²) in [5, 5.41) is 3.26. The highest BCUT2D eigenvalue weighted by molar-refractivity contribution is 5.82. The second kappa shape index (κ2) is 5.29. The number of methoxy groups -OCH3 is 1. The molecular formula is C13H17NO3. The molecule has 17 heavy (non-hydrogen) atoms. The first-order chi connectivity index (χ1) is 8.29. The largest absolute Gasteiger partial charge is 0.467 e. The Hall–Kier alpha value is -1.39. The predicted octanol–water partition coefficient (Wildman–Crippen LogP) is 1.06. The summed E-state index contributed by atoms with van der Waals surface area (Å²) < 4.78 is 10.4. The van der Waals surface area contributed by atoms with Crippen LogP contribution in [0.4, 0.5) is 0 Å². The average Bonchev–Trinajstić information content (AvgIpc) is 2.65. The van der Waals surface area contributed by atoms with Gasteiger partial charge in [-0.3, -0.25) is 5.32 Å². The number of carbonyl (C=O) groups is 1. The Morgan fingerprint density at radius 2 is 2.18 bits per heavy atom. The number of benzene rings is 1. The molecule has 1 aliphatic rings. The van der Waals surface area contributed by atoms with Gasteiger partial charge < -0.3 is 9.47 Å². The van der Waals surface area contributed by atoms with Crippen LogP contribution in [0.3, 0.4) is 0 Å². The molecule has 92 valence electrons. The predicted molar refractivity (Wildman–Crippen MR) is 63.6 cm³/mol. The van der Waals surface area contributed by atoms with Crippen LogP contribution in [0.5, 0.6) is 0 Å². The van der Waals surface area contributed by atoms with Crippen molar-refractivity contribution < 1.29 is 14.3 Å². The van der Waals surface area contributed by atoms with Crippen molar-refractivity contribution in [3.8, 4) is 0 Å². The SMILES string of the molecule is COC(=O)C1(c2ccccc2)COCCCN1. The fourth-order valence-corrected chi connectivity index (χ4v) is 2.08. The van der Waals surface area contributed by atoms with Gasteiger partial charge in [0.15, 0.2) is 5.54 Å². The zero-order valence-electron chi connectivity index (χ0n) is 9.94. The number of carbonyl (C=O) groups excluding carboxylic acids is 1. The zero-order chi connectivity index (χ0) is 12.1. The van der Waals surface area contributed by atoms with Crippen molar-refractivity contribution in [1.29, 1.82) is 0 Å². The van der Waals surface area contributed by atoms with Crippen molar-refractivity contribution in [2.24, 2.45) is 0 Å². The maximum atomic E-state index is 12.1. The number of esters is 1. The van der Waals surface area contributed by atoms with E-state index in [1.54, 1.807) is 0 Å². The fourth-order valence-electron chi connectivity index (χ4n) is 2.08. The first kappa shape index (κ1) is 12.1. The summed E-state index contributed by atoms with van der Waals surface area (Å²) in [7, 11) is 1.40. The van der Waals surface area contributed by atoms with E-state index in [1.807, 2.05) is 30.3 Å². The highest BCUT2D eigenvalue weighted by Gasteiger charge is 2.42. The molecule has 0 spiro atoms. The monoisotopic (exact) mass is 235 g/mol. The van der Waals surface area contributed by atoms with Gasteiger partial charge in [-0.25, -0.2) is 4.79 Å². The van der Waals surface area contributed by atoms with Gasteiger partial charge in [-0.2, -0.15) is 0 Å². The minimum Gasteiger partial charge on any atom is -0.467 e. The van der Waals surface area contributed by atoms with Crippen LogP contribution in [0.1, 0.15) is 12.0 Å². The zero-order valence-corrected chi connectivity index (χ0v) is 9.94. The fraction of sp³-hybridized carbons (Fsp3) is 0.462. The standard InChI is InChI=1S/C13H17NO3/c1-16-12(15)13(10-17-9-5-8-14-13)11-6-3-2-4-7-11/h2-4,6-7,14H,5,8-10H2,1H3. The van der Waals surface area contributed by atoms with Crippen LogP contribution in [0.15, 0.2) is 30.3 Å². The van der Waals surface area contributed by atoms with Gasteiger partial charge in [0.25, 0.3) is 0 Å². The highest BCUT2D eigenvalue weighted by Crippen LogP contribution is 2.25. The number of hydrogen-bond donors (Lipinski definition) is 1. The third-order valence-electron chi connectivity index (χ3n) is 3.01. The number of rotatable bonds is 2. The third-order valence-corrected chi connectivity index (χ3v) is 3.01. The average molecular weight is 235 g/mol. The van der Waals surface area contributed by atoms with Crippen LogP contribution >= 0.6 is 0 Å². The van der Waals surface area contributed by atoms with Crippen molar-refractivity contribution in [3.05, 3.63) is 35.9 Å². The molecule has 0 aromatic heterocycles. The summed E-state index contributed by atoms with van der Waals surface area (Å²) in [5.74, 6) is -0.300. The van der Waals surface area contributed by atoms with E-state index in [-0.39, 0.29) is 5.97 Å². The van der Waals surface area contributed by atoms with E-state index >= 15 is 0 Å². The van der Waals surface area contributed by atoms with Crippen LogP contribution in [0.25, 0.3) is 0 Å². The molecule has 4 heteroatoms. The molecule has 1 heterocycles. The van der Waals surface area contributed by atoms with Crippen molar-refractivity contribution in [2.75, 3.05) is 26.9 Å². The second-order valence-corrected chi connectivity index (χ2v) is 4.10. The first-order valence-corrected chi connectivity index (χ1v) is 5.76. The Labute approximate surface area is 101 Å². The summed E-state index contributed by atoms with van der Waals surface area (Å²) in [6.07, 6.45) is 0.894. The molecule has 1 fully saturated rings. The van der Waals surface area contributed by atoms with Crippen molar-refractivity contribution in [3.63, 3.8) is 0 Å². The summed E-state index contributed by atoms with van der Waals surface area (Å²) in [5.41, 5.74) is 0.0146. The topological polar surface area (TPSA) is 47.6 Å². The number of nitrogens with one attached hydrogen (secondary N) is 1. The van der Waals surface area contributed by atoms with Crippen molar-refractivity contribution in [2.45, 2.75) is 12.0 Å². The van der Waals surface area contributed by atoms with Gasteiger partial charge in [0.05, 0.1) is 13.7 Å². The van der Waals surface area contributed by atoms with Crippen molar-refractivity contribution in [1.82, 2.24) is 5.32 Å². The van der Waals surface area contributed by atoms with E-state index < -0.39 is 5.54 Å². The number of ether oxygens (including phenoxy) is 2. The lowest BCUT2D eigenvalue weighted by molar-refractivity contribution is -0.151. The van der Waals surface area contributed by atoms with E-state index in [0.29, 0.717) is 13.2 Å². The van der Waals surface area contributed by atoms with E-state index in [0.717, 1.165) is 18.5 Å². The smallest absolute Gasteiger partial charge is 0.333 e. The Morgan fingerprint density at radius 3 is 2.88 bits per heavy atom. The minimum atomic E-state index is -0.869. The van der Waals surface area contributed by atoms with E-state index in [1.165, 1.54) is 7.11 Å². The Kier molecular flexibility index (Phi) is 3.76. The molecule has 0 saturated carbocycles. The van der Waals surface area contributed by atoms with Gasteiger partial charge in [0, 0.05) is 6.61 Å². The Balaban J connectivity index is 2.38. The highest BCUT2D eigenvalue weighted by atomic mass is 16.5. The lowest BCUT2D eigenvalue weighted by Gasteiger charge is -2.30. The Bertz CT molecular complexity index is 370. The Morgan fingerprint density at radius 1 is 1.41 bits per heavy atom. The molecule has 2 rings (SSSR count). The normalized spacial score (nSPS) is 25.0. The third kappa shape index (κ3) is 2.33. The molecule has 0 amide bonds. The van der Waals surface area contributed by atoms with E-state index in [4.69, 9.17) is 9.47 Å². The van der Waals surface area contributed by atoms with Crippen molar-refractivity contribution >= 4 is 5.97 Å². The summed E-state index contributed by atoms with van der Waals surface area (Å²) in [4.78, 5) is 12.1. The van der Waals surface area contributed by atoms with Crippen LogP contribution in [0, 0.1) is 0 Å². The molecule has 1 aromatic rings. The quantitative estimate of drug-likeness (QED) is 0.779. The lowest BCUT2D eigenvalue weighted by atomic mass is 9.90. The van der Waals surface area contributed by atoms with Crippen LogP contribution in [-0.2, 0) is 19.8 Å². The molecule has 1 saturated heterocycles. The molecule has 1 aliphatic heterocycles.